The van der Waals surface area contributed by atoms with Crippen molar-refractivity contribution in [3.8, 4) is 0 Å². The molecule has 1 saturated carbocycles. The monoisotopic (exact) mass is 277 g/mol. The minimum absolute atomic E-state index is 0.0965. The summed E-state index contributed by atoms with van der Waals surface area (Å²) < 4.78 is 5.22. The Morgan fingerprint density at radius 3 is 2.75 bits per heavy atom. The number of primary amides is 1. The molecule has 0 spiro atoms. The molecule has 2 fully saturated rings. The van der Waals surface area contributed by atoms with E-state index >= 15 is 0 Å². The lowest BCUT2D eigenvalue weighted by atomic mass is 9.92. The molecule has 1 saturated heterocycles. The van der Waals surface area contributed by atoms with Gasteiger partial charge in [-0.25, -0.2) is 0 Å². The standard InChI is InChI=1S/C14H19N3O3/c1-8-2-3-10(13(15)18)7-17(8)14(19)11-6-12(20-16-11)9-4-5-9/h6,8-10H,2-5,7H2,1H3,(H2,15,18). The van der Waals surface area contributed by atoms with Crippen molar-refractivity contribution in [1.82, 2.24) is 10.1 Å². The molecule has 3 rings (SSSR count). The minimum Gasteiger partial charge on any atom is -0.369 e. The molecule has 2 atom stereocenters. The van der Waals surface area contributed by atoms with E-state index in [2.05, 4.69) is 5.16 Å². The van der Waals surface area contributed by atoms with Crippen molar-refractivity contribution in [3.05, 3.63) is 17.5 Å². The van der Waals surface area contributed by atoms with E-state index in [1.54, 1.807) is 11.0 Å². The maximum Gasteiger partial charge on any atom is 0.276 e. The van der Waals surface area contributed by atoms with Gasteiger partial charge in [-0.2, -0.15) is 0 Å². The van der Waals surface area contributed by atoms with Gasteiger partial charge in [0, 0.05) is 24.6 Å². The van der Waals surface area contributed by atoms with E-state index in [4.69, 9.17) is 10.3 Å². The summed E-state index contributed by atoms with van der Waals surface area (Å²) in [5, 5.41) is 3.87. The fourth-order valence-corrected chi connectivity index (χ4v) is 2.72. The molecule has 2 aliphatic rings. The van der Waals surface area contributed by atoms with Crippen LogP contribution in [0.3, 0.4) is 0 Å². The topological polar surface area (TPSA) is 89.4 Å². The van der Waals surface area contributed by atoms with Gasteiger partial charge in [0.25, 0.3) is 5.91 Å². The lowest BCUT2D eigenvalue weighted by Gasteiger charge is -2.36. The summed E-state index contributed by atoms with van der Waals surface area (Å²) in [6.07, 6.45) is 3.73. The minimum atomic E-state index is -0.339. The van der Waals surface area contributed by atoms with Crippen LogP contribution in [0.5, 0.6) is 0 Å². The van der Waals surface area contributed by atoms with Crippen LogP contribution in [0, 0.1) is 5.92 Å². The van der Waals surface area contributed by atoms with E-state index in [-0.39, 0.29) is 23.8 Å². The Hall–Kier alpha value is -1.85. The molecule has 2 unspecified atom stereocenters. The van der Waals surface area contributed by atoms with Crippen LogP contribution in [0.4, 0.5) is 0 Å². The number of aromatic nitrogens is 1. The number of hydrogen-bond acceptors (Lipinski definition) is 4. The molecule has 2 amide bonds. The number of piperidine rings is 1. The first-order valence-corrected chi connectivity index (χ1v) is 7.13. The SMILES string of the molecule is CC1CCC(C(N)=O)CN1C(=O)c1cc(C2CC2)on1. The van der Waals surface area contributed by atoms with Gasteiger partial charge in [0.05, 0.1) is 5.92 Å². The zero-order valence-corrected chi connectivity index (χ0v) is 11.5. The number of nitrogens with zero attached hydrogens (tertiary/aromatic N) is 2. The van der Waals surface area contributed by atoms with Gasteiger partial charge in [-0.05, 0) is 32.6 Å². The molecule has 6 heteroatoms. The van der Waals surface area contributed by atoms with Gasteiger partial charge in [-0.3, -0.25) is 9.59 Å². The fraction of sp³-hybridized carbons (Fsp3) is 0.643. The van der Waals surface area contributed by atoms with E-state index in [1.165, 1.54) is 0 Å². The molecule has 1 aromatic rings. The zero-order chi connectivity index (χ0) is 14.3. The third kappa shape index (κ3) is 2.42. The molecule has 0 radical (unpaired) electrons. The van der Waals surface area contributed by atoms with Crippen molar-refractivity contribution < 1.29 is 14.1 Å². The third-order valence-electron chi connectivity index (χ3n) is 4.27. The maximum atomic E-state index is 12.5. The van der Waals surface area contributed by atoms with Gasteiger partial charge in [0.15, 0.2) is 5.69 Å². The van der Waals surface area contributed by atoms with Crippen LogP contribution in [0.25, 0.3) is 0 Å². The summed E-state index contributed by atoms with van der Waals surface area (Å²) in [5.74, 6) is 0.461. The van der Waals surface area contributed by atoms with E-state index in [0.717, 1.165) is 31.4 Å². The highest BCUT2D eigenvalue weighted by molar-refractivity contribution is 5.93. The molecule has 2 N–H and O–H groups in total. The Bertz CT molecular complexity index is 536. The highest BCUT2D eigenvalue weighted by atomic mass is 16.5. The normalized spacial score (nSPS) is 26.6. The van der Waals surface area contributed by atoms with Crippen molar-refractivity contribution in [2.24, 2.45) is 11.7 Å². The maximum absolute atomic E-state index is 12.5. The van der Waals surface area contributed by atoms with E-state index < -0.39 is 0 Å². The molecular formula is C14H19N3O3. The van der Waals surface area contributed by atoms with E-state index in [9.17, 15) is 9.59 Å². The molecule has 0 aromatic carbocycles. The molecule has 2 heterocycles. The molecule has 1 aromatic heterocycles. The predicted molar refractivity (Wildman–Crippen MR) is 70.9 cm³/mol. The van der Waals surface area contributed by atoms with Crippen molar-refractivity contribution in [2.75, 3.05) is 6.54 Å². The molecular weight excluding hydrogens is 258 g/mol. The second kappa shape index (κ2) is 4.92. The number of hydrogen-bond donors (Lipinski definition) is 1. The molecule has 20 heavy (non-hydrogen) atoms. The van der Waals surface area contributed by atoms with Crippen LogP contribution in [-0.4, -0.2) is 34.5 Å². The quantitative estimate of drug-likeness (QED) is 0.901. The van der Waals surface area contributed by atoms with Gasteiger partial charge in [0.2, 0.25) is 5.91 Å². The van der Waals surface area contributed by atoms with Crippen molar-refractivity contribution in [3.63, 3.8) is 0 Å². The molecule has 1 aliphatic carbocycles. The predicted octanol–water partition coefficient (Wildman–Crippen LogP) is 1.28. The van der Waals surface area contributed by atoms with Gasteiger partial charge in [-0.15, -0.1) is 0 Å². The summed E-state index contributed by atoms with van der Waals surface area (Å²) in [6, 6.07) is 1.83. The first kappa shape index (κ1) is 13.1. The van der Waals surface area contributed by atoms with Crippen LogP contribution >= 0.6 is 0 Å². The second-order valence-corrected chi connectivity index (χ2v) is 5.87. The Kier molecular flexibility index (Phi) is 3.23. The van der Waals surface area contributed by atoms with Gasteiger partial charge in [-0.1, -0.05) is 5.16 Å². The van der Waals surface area contributed by atoms with Gasteiger partial charge >= 0.3 is 0 Å². The Balaban J connectivity index is 1.74. The fourth-order valence-electron chi connectivity index (χ4n) is 2.72. The highest BCUT2D eigenvalue weighted by Gasteiger charge is 2.34. The Labute approximate surface area is 117 Å². The summed E-state index contributed by atoms with van der Waals surface area (Å²) >= 11 is 0. The lowest BCUT2D eigenvalue weighted by molar-refractivity contribution is -0.123. The number of rotatable bonds is 3. The molecule has 108 valence electrons. The first-order valence-electron chi connectivity index (χ1n) is 7.13. The smallest absolute Gasteiger partial charge is 0.276 e. The Morgan fingerprint density at radius 2 is 2.10 bits per heavy atom. The van der Waals surface area contributed by atoms with Crippen molar-refractivity contribution in [1.29, 1.82) is 0 Å². The summed E-state index contributed by atoms with van der Waals surface area (Å²) in [4.78, 5) is 25.5. The zero-order valence-electron chi connectivity index (χ0n) is 11.5. The van der Waals surface area contributed by atoms with Gasteiger partial charge in [0.1, 0.15) is 5.76 Å². The number of carbonyl (C=O) groups is 2. The summed E-state index contributed by atoms with van der Waals surface area (Å²) in [5.41, 5.74) is 5.69. The molecule has 6 nitrogen and oxygen atoms in total. The van der Waals surface area contributed by atoms with Crippen LogP contribution in [0.15, 0.2) is 10.6 Å². The van der Waals surface area contributed by atoms with Crippen LogP contribution in [0.2, 0.25) is 0 Å². The average Bonchev–Trinajstić information content (AvgIpc) is 3.16. The number of carbonyl (C=O) groups excluding carboxylic acids is 2. The molecule has 0 bridgehead atoms. The first-order chi connectivity index (χ1) is 9.56. The summed E-state index contributed by atoms with van der Waals surface area (Å²) in [6.45, 7) is 2.36. The number of likely N-dealkylation sites (tertiary alicyclic amines) is 1. The van der Waals surface area contributed by atoms with Crippen molar-refractivity contribution >= 4 is 11.8 Å². The van der Waals surface area contributed by atoms with Gasteiger partial charge < -0.3 is 15.2 Å². The van der Waals surface area contributed by atoms with E-state index in [1.807, 2.05) is 6.92 Å². The third-order valence-corrected chi connectivity index (χ3v) is 4.27. The number of amides is 2. The molecule has 1 aliphatic heterocycles. The summed E-state index contributed by atoms with van der Waals surface area (Å²) in [7, 11) is 0. The highest BCUT2D eigenvalue weighted by Crippen LogP contribution is 2.40. The second-order valence-electron chi connectivity index (χ2n) is 5.87. The Morgan fingerprint density at radius 1 is 1.35 bits per heavy atom. The largest absolute Gasteiger partial charge is 0.369 e. The van der Waals surface area contributed by atoms with Crippen LogP contribution in [-0.2, 0) is 4.79 Å². The van der Waals surface area contributed by atoms with Crippen LogP contribution < -0.4 is 5.73 Å². The van der Waals surface area contributed by atoms with Crippen molar-refractivity contribution in [2.45, 2.75) is 44.6 Å². The number of nitrogens with two attached hydrogens (primary N) is 1. The van der Waals surface area contributed by atoms with Crippen LogP contribution in [0.1, 0.15) is 54.8 Å². The average molecular weight is 277 g/mol. The van der Waals surface area contributed by atoms with E-state index in [0.29, 0.717) is 18.2 Å². The lowest BCUT2D eigenvalue weighted by Crippen LogP contribution is -2.48.